The molecule has 37 heavy (non-hydrogen) atoms. The summed E-state index contributed by atoms with van der Waals surface area (Å²) in [6.45, 7) is 10.3. The molecule has 0 radical (unpaired) electrons. The SMILES string of the molecule is Cc1cc2c(cnn2-c2ccc(F)cc2)cc1[C@@H]1CN(S(=O)(=O)c2nn(C)nc2C)CCN1CC(C)C. The minimum atomic E-state index is -3.79. The quantitative estimate of drug-likeness (QED) is 0.382. The van der Waals surface area contributed by atoms with Crippen LogP contribution >= 0.6 is 0 Å². The topological polar surface area (TPSA) is 89.2 Å². The first-order valence-electron chi connectivity index (χ1n) is 12.4. The van der Waals surface area contributed by atoms with Crippen molar-refractivity contribution < 1.29 is 12.8 Å². The molecule has 0 amide bonds. The van der Waals surface area contributed by atoms with Gasteiger partial charge in [0.2, 0.25) is 5.03 Å². The molecule has 2 aromatic carbocycles. The lowest BCUT2D eigenvalue weighted by Crippen LogP contribution is -2.51. The number of aryl methyl sites for hydroxylation is 3. The zero-order valence-corrected chi connectivity index (χ0v) is 22.6. The lowest BCUT2D eigenvalue weighted by Gasteiger charge is -2.42. The predicted molar refractivity (Wildman–Crippen MR) is 139 cm³/mol. The Morgan fingerprint density at radius 2 is 1.81 bits per heavy atom. The number of hydrogen-bond donors (Lipinski definition) is 0. The van der Waals surface area contributed by atoms with E-state index in [4.69, 9.17) is 0 Å². The molecule has 5 rings (SSSR count). The minimum absolute atomic E-state index is 0.0128. The average molecular weight is 526 g/mol. The van der Waals surface area contributed by atoms with Crippen molar-refractivity contribution in [1.82, 2.24) is 34.0 Å². The van der Waals surface area contributed by atoms with E-state index in [1.165, 1.54) is 21.2 Å². The Bertz CT molecular complexity index is 1540. The van der Waals surface area contributed by atoms with E-state index < -0.39 is 10.0 Å². The zero-order valence-electron chi connectivity index (χ0n) is 21.8. The van der Waals surface area contributed by atoms with Crippen LogP contribution in [0, 0.1) is 25.6 Å². The summed E-state index contributed by atoms with van der Waals surface area (Å²) in [4.78, 5) is 3.67. The molecule has 9 nitrogen and oxygen atoms in total. The summed E-state index contributed by atoms with van der Waals surface area (Å²) in [5, 5.41) is 13.8. The second-order valence-electron chi connectivity index (χ2n) is 10.1. The third-order valence-corrected chi connectivity index (χ3v) is 8.74. The number of nitrogens with zero attached hydrogens (tertiary/aromatic N) is 7. The Balaban J connectivity index is 1.54. The van der Waals surface area contributed by atoms with Crippen molar-refractivity contribution >= 4 is 20.9 Å². The number of hydrogen-bond acceptors (Lipinski definition) is 6. The second kappa shape index (κ2) is 9.62. The van der Waals surface area contributed by atoms with E-state index in [9.17, 15) is 12.8 Å². The number of aromatic nitrogens is 5. The van der Waals surface area contributed by atoms with Gasteiger partial charge in [0.1, 0.15) is 11.5 Å². The molecule has 4 aromatic rings. The average Bonchev–Trinajstić information content (AvgIpc) is 3.41. The summed E-state index contributed by atoms with van der Waals surface area (Å²) < 4.78 is 43.9. The Hall–Kier alpha value is -3.15. The molecule has 2 aromatic heterocycles. The molecule has 11 heteroatoms. The second-order valence-corrected chi connectivity index (χ2v) is 12.0. The van der Waals surface area contributed by atoms with Crippen LogP contribution in [-0.4, -0.2) is 68.6 Å². The molecule has 0 spiro atoms. The highest BCUT2D eigenvalue weighted by atomic mass is 32.2. The van der Waals surface area contributed by atoms with E-state index in [0.29, 0.717) is 31.2 Å². The highest BCUT2D eigenvalue weighted by molar-refractivity contribution is 7.89. The Morgan fingerprint density at radius 3 is 2.46 bits per heavy atom. The largest absolute Gasteiger partial charge is 0.293 e. The third kappa shape index (κ3) is 4.78. The lowest BCUT2D eigenvalue weighted by molar-refractivity contribution is 0.105. The number of piperazine rings is 1. The van der Waals surface area contributed by atoms with Crippen LogP contribution in [0.1, 0.15) is 36.7 Å². The van der Waals surface area contributed by atoms with Crippen molar-refractivity contribution in [3.8, 4) is 5.69 Å². The standard InChI is InChI=1S/C26H32FN7O2S/c1-17(2)15-32-10-11-33(37(35,36)26-19(4)29-31(5)30-26)16-25(32)23-13-20-14-28-34(24(20)12-18(23)3)22-8-6-21(27)7-9-22/h6-9,12-14,17,25H,10-11,15-16H2,1-5H3/t25-/m0/s1. The summed E-state index contributed by atoms with van der Waals surface area (Å²) in [6, 6.07) is 10.3. The molecule has 3 heterocycles. The maximum atomic E-state index is 13.6. The van der Waals surface area contributed by atoms with Crippen molar-refractivity contribution in [2.24, 2.45) is 13.0 Å². The van der Waals surface area contributed by atoms with Gasteiger partial charge < -0.3 is 0 Å². The van der Waals surface area contributed by atoms with Crippen molar-refractivity contribution in [2.45, 2.75) is 38.8 Å². The number of halogens is 1. The fourth-order valence-corrected chi connectivity index (χ4v) is 6.73. The molecule has 196 valence electrons. The van der Waals surface area contributed by atoms with E-state index in [-0.39, 0.29) is 16.9 Å². The lowest BCUT2D eigenvalue weighted by atomic mass is 9.96. The van der Waals surface area contributed by atoms with Gasteiger partial charge in [0.25, 0.3) is 10.0 Å². The Morgan fingerprint density at radius 1 is 1.08 bits per heavy atom. The van der Waals surface area contributed by atoms with Gasteiger partial charge in [0.15, 0.2) is 0 Å². The minimum Gasteiger partial charge on any atom is -0.293 e. The first-order valence-corrected chi connectivity index (χ1v) is 13.8. The summed E-state index contributed by atoms with van der Waals surface area (Å²) in [5.41, 5.74) is 4.21. The van der Waals surface area contributed by atoms with Crippen LogP contribution in [0.15, 0.2) is 47.6 Å². The predicted octanol–water partition coefficient (Wildman–Crippen LogP) is 3.61. The first kappa shape index (κ1) is 25.5. The van der Waals surface area contributed by atoms with E-state index >= 15 is 0 Å². The molecule has 0 bridgehead atoms. The molecule has 1 aliphatic heterocycles. The van der Waals surface area contributed by atoms with Gasteiger partial charge >= 0.3 is 0 Å². The van der Waals surface area contributed by atoms with Gasteiger partial charge in [-0.15, -0.1) is 5.10 Å². The molecule has 0 aliphatic carbocycles. The summed E-state index contributed by atoms with van der Waals surface area (Å²) in [5.74, 6) is 0.135. The third-order valence-electron chi connectivity index (χ3n) is 6.86. The molecule has 1 saturated heterocycles. The summed E-state index contributed by atoms with van der Waals surface area (Å²) in [7, 11) is -2.17. The summed E-state index contributed by atoms with van der Waals surface area (Å²) >= 11 is 0. The van der Waals surface area contributed by atoms with Crippen molar-refractivity contribution in [3.63, 3.8) is 0 Å². The molecular formula is C26H32FN7O2S. The fraction of sp³-hybridized carbons (Fsp3) is 0.423. The van der Waals surface area contributed by atoms with Crippen LogP contribution in [0.2, 0.25) is 0 Å². The van der Waals surface area contributed by atoms with Crippen LogP contribution in [0.3, 0.4) is 0 Å². The maximum Gasteiger partial charge on any atom is 0.264 e. The van der Waals surface area contributed by atoms with Crippen molar-refractivity contribution in [3.05, 3.63) is 65.2 Å². The molecule has 1 fully saturated rings. The first-order chi connectivity index (χ1) is 17.5. The molecular weight excluding hydrogens is 493 g/mol. The van der Waals surface area contributed by atoms with Crippen molar-refractivity contribution in [2.75, 3.05) is 26.2 Å². The van der Waals surface area contributed by atoms with E-state index in [0.717, 1.165) is 34.3 Å². The van der Waals surface area contributed by atoms with Crippen LogP contribution in [0.25, 0.3) is 16.6 Å². The maximum absolute atomic E-state index is 13.6. The van der Waals surface area contributed by atoms with Crippen LogP contribution < -0.4 is 0 Å². The van der Waals surface area contributed by atoms with Gasteiger partial charge in [-0.3, -0.25) is 4.90 Å². The van der Waals surface area contributed by atoms with E-state index in [2.05, 4.69) is 46.2 Å². The Labute approximate surface area is 216 Å². The molecule has 1 atom stereocenters. The van der Waals surface area contributed by atoms with Crippen LogP contribution in [0.4, 0.5) is 4.39 Å². The molecule has 0 saturated carbocycles. The van der Waals surface area contributed by atoms with Gasteiger partial charge in [0, 0.05) is 44.7 Å². The molecule has 1 aliphatic rings. The summed E-state index contributed by atoms with van der Waals surface area (Å²) in [6.07, 6.45) is 1.80. The number of fused-ring (bicyclic) bond motifs is 1. The van der Waals surface area contributed by atoms with Gasteiger partial charge in [-0.25, -0.2) is 17.5 Å². The van der Waals surface area contributed by atoms with Crippen LogP contribution in [0.5, 0.6) is 0 Å². The zero-order chi connectivity index (χ0) is 26.5. The number of rotatable bonds is 6. The molecule has 0 N–H and O–H groups in total. The van der Waals surface area contributed by atoms with Crippen LogP contribution in [-0.2, 0) is 17.1 Å². The highest BCUT2D eigenvalue weighted by Gasteiger charge is 2.38. The van der Waals surface area contributed by atoms with Gasteiger partial charge in [0.05, 0.1) is 17.4 Å². The smallest absolute Gasteiger partial charge is 0.264 e. The monoisotopic (exact) mass is 525 g/mol. The van der Waals surface area contributed by atoms with E-state index in [1.807, 2.05) is 6.92 Å². The normalized spacial score (nSPS) is 17.8. The van der Waals surface area contributed by atoms with Gasteiger partial charge in [-0.1, -0.05) is 13.8 Å². The van der Waals surface area contributed by atoms with Gasteiger partial charge in [-0.05, 0) is 67.3 Å². The molecule has 0 unspecified atom stereocenters. The number of sulfonamides is 1. The van der Waals surface area contributed by atoms with E-state index in [1.54, 1.807) is 37.0 Å². The fourth-order valence-electron chi connectivity index (χ4n) is 5.19. The number of benzene rings is 2. The van der Waals surface area contributed by atoms with Gasteiger partial charge in [-0.2, -0.15) is 19.3 Å². The highest BCUT2D eigenvalue weighted by Crippen LogP contribution is 2.34. The Kier molecular flexibility index (Phi) is 6.63. The van der Waals surface area contributed by atoms with Crippen molar-refractivity contribution in [1.29, 1.82) is 0 Å².